The van der Waals surface area contributed by atoms with Crippen LogP contribution in [0.4, 0.5) is 29.7 Å². The van der Waals surface area contributed by atoms with Crippen LogP contribution in [-0.2, 0) is 4.74 Å². The van der Waals surface area contributed by atoms with Crippen LogP contribution >= 0.6 is 0 Å². The molecule has 1 atom stereocenters. The van der Waals surface area contributed by atoms with Crippen molar-refractivity contribution in [1.82, 2.24) is 5.32 Å². The molecule has 1 heterocycles. The molecule has 0 radical (unpaired) electrons. The summed E-state index contributed by atoms with van der Waals surface area (Å²) in [6.07, 6.45) is -1.08. The number of nitrogens with one attached hydrogen (secondary N) is 2. The van der Waals surface area contributed by atoms with Crippen LogP contribution in [0.1, 0.15) is 0 Å². The molecule has 0 aromatic heterocycles. The molecule has 0 saturated carbocycles. The maximum absolute atomic E-state index is 13.5. The Morgan fingerprint density at radius 2 is 1.80 bits per heavy atom. The number of benzene rings is 2. The van der Waals surface area contributed by atoms with Gasteiger partial charge in [-0.15, -0.1) is 0 Å². The van der Waals surface area contributed by atoms with E-state index in [0.717, 1.165) is 12.1 Å². The van der Waals surface area contributed by atoms with Crippen LogP contribution < -0.4 is 15.5 Å². The predicted octanol–water partition coefficient (Wildman–Crippen LogP) is 3.11. The largest absolute Gasteiger partial charge is 0.442 e. The second-order valence-corrected chi connectivity index (χ2v) is 5.38. The van der Waals surface area contributed by atoms with Crippen molar-refractivity contribution in [2.24, 2.45) is 0 Å². The summed E-state index contributed by atoms with van der Waals surface area (Å²) in [6.45, 7) is 0.272. The molecule has 0 bridgehead atoms. The Hall–Kier alpha value is -3.16. The number of para-hydroxylation sites is 2. The van der Waals surface area contributed by atoms with Crippen LogP contribution in [0, 0.1) is 11.6 Å². The highest BCUT2D eigenvalue weighted by atomic mass is 19.1. The average molecular weight is 347 g/mol. The first-order valence-corrected chi connectivity index (χ1v) is 7.56. The first-order valence-electron chi connectivity index (χ1n) is 7.56. The zero-order valence-corrected chi connectivity index (χ0v) is 13.0. The summed E-state index contributed by atoms with van der Waals surface area (Å²) in [6, 6.07) is 11.4. The van der Waals surface area contributed by atoms with E-state index in [9.17, 15) is 18.4 Å². The molecule has 0 aliphatic carbocycles. The molecule has 3 rings (SSSR count). The van der Waals surface area contributed by atoms with Crippen molar-refractivity contribution in [3.05, 3.63) is 60.2 Å². The number of carbonyl (C=O) groups is 2. The van der Waals surface area contributed by atoms with Gasteiger partial charge < -0.3 is 15.4 Å². The summed E-state index contributed by atoms with van der Waals surface area (Å²) in [5, 5.41) is 4.54. The van der Waals surface area contributed by atoms with Crippen LogP contribution in [0.15, 0.2) is 48.5 Å². The van der Waals surface area contributed by atoms with Gasteiger partial charge in [-0.1, -0.05) is 24.3 Å². The fraction of sp³-hybridized carbons (Fsp3) is 0.176. The van der Waals surface area contributed by atoms with Gasteiger partial charge in [0.2, 0.25) is 0 Å². The number of carbonyl (C=O) groups excluding carboxylic acids is 2. The van der Waals surface area contributed by atoms with Gasteiger partial charge in [-0.3, -0.25) is 4.90 Å². The number of hydrogen-bond donors (Lipinski definition) is 2. The van der Waals surface area contributed by atoms with E-state index in [1.807, 2.05) is 6.07 Å². The number of hydrogen-bond acceptors (Lipinski definition) is 3. The fourth-order valence-electron chi connectivity index (χ4n) is 2.43. The number of nitrogens with zero attached hydrogens (tertiary/aromatic N) is 1. The third-order valence-corrected chi connectivity index (χ3v) is 3.63. The summed E-state index contributed by atoms with van der Waals surface area (Å²) in [7, 11) is 0. The van der Waals surface area contributed by atoms with Gasteiger partial charge in [0.05, 0.1) is 13.1 Å². The van der Waals surface area contributed by atoms with Crippen molar-refractivity contribution in [1.29, 1.82) is 0 Å². The Labute approximate surface area is 142 Å². The molecule has 1 fully saturated rings. The predicted molar refractivity (Wildman–Crippen MR) is 87.4 cm³/mol. The Bertz CT molecular complexity index is 766. The zero-order valence-electron chi connectivity index (χ0n) is 13.0. The van der Waals surface area contributed by atoms with E-state index in [2.05, 4.69) is 10.6 Å². The quantitative estimate of drug-likeness (QED) is 0.893. The average Bonchev–Trinajstić information content (AvgIpc) is 2.98. The van der Waals surface area contributed by atoms with E-state index in [1.54, 1.807) is 24.3 Å². The van der Waals surface area contributed by atoms with Crippen LogP contribution in [-0.4, -0.2) is 31.3 Å². The van der Waals surface area contributed by atoms with Gasteiger partial charge >= 0.3 is 12.1 Å². The van der Waals surface area contributed by atoms with E-state index in [1.165, 1.54) is 11.0 Å². The summed E-state index contributed by atoms with van der Waals surface area (Å²) < 4.78 is 32.1. The monoisotopic (exact) mass is 347 g/mol. The standard InChI is InChI=1S/C17H15F2N3O3/c18-13-7-4-8-14(19)15(13)21-16(23)20-9-12-10-22(17(24)25-12)11-5-2-1-3-6-11/h1-8,12H,9-10H2,(H2,20,21,23)/t12-/m1/s1. The van der Waals surface area contributed by atoms with Crippen molar-refractivity contribution in [2.75, 3.05) is 23.3 Å². The van der Waals surface area contributed by atoms with Crippen molar-refractivity contribution in [3.8, 4) is 0 Å². The molecule has 2 aromatic carbocycles. The molecule has 130 valence electrons. The molecule has 1 aliphatic heterocycles. The number of halogens is 2. The van der Waals surface area contributed by atoms with Crippen molar-refractivity contribution in [3.63, 3.8) is 0 Å². The second kappa shape index (κ2) is 7.16. The molecule has 0 spiro atoms. The molecule has 2 N–H and O–H groups in total. The molecular formula is C17H15F2N3O3. The van der Waals surface area contributed by atoms with Gasteiger partial charge in [0.1, 0.15) is 23.4 Å². The van der Waals surface area contributed by atoms with Gasteiger partial charge in [-0.2, -0.15) is 0 Å². The maximum Gasteiger partial charge on any atom is 0.414 e. The molecular weight excluding hydrogens is 332 g/mol. The molecule has 1 saturated heterocycles. The normalized spacial score (nSPS) is 16.5. The van der Waals surface area contributed by atoms with E-state index in [4.69, 9.17) is 4.74 Å². The number of anilines is 2. The number of ether oxygens (including phenoxy) is 1. The number of amides is 3. The molecule has 0 unspecified atom stereocenters. The Morgan fingerprint density at radius 1 is 1.12 bits per heavy atom. The van der Waals surface area contributed by atoms with E-state index in [-0.39, 0.29) is 13.1 Å². The minimum Gasteiger partial charge on any atom is -0.442 e. The summed E-state index contributed by atoms with van der Waals surface area (Å²) >= 11 is 0. The number of cyclic esters (lactones) is 1. The van der Waals surface area contributed by atoms with Crippen LogP contribution in [0.3, 0.4) is 0 Å². The lowest BCUT2D eigenvalue weighted by Gasteiger charge is -2.13. The molecule has 2 aromatic rings. The van der Waals surface area contributed by atoms with Crippen molar-refractivity contribution >= 4 is 23.5 Å². The van der Waals surface area contributed by atoms with Crippen LogP contribution in [0.2, 0.25) is 0 Å². The first kappa shape index (κ1) is 16.7. The van der Waals surface area contributed by atoms with Gasteiger partial charge in [0.15, 0.2) is 0 Å². The zero-order chi connectivity index (χ0) is 17.8. The van der Waals surface area contributed by atoms with Gasteiger partial charge in [-0.05, 0) is 24.3 Å². The van der Waals surface area contributed by atoms with Crippen LogP contribution in [0.5, 0.6) is 0 Å². The molecule has 1 aliphatic rings. The molecule has 3 amide bonds. The van der Waals surface area contributed by atoms with E-state index >= 15 is 0 Å². The maximum atomic E-state index is 13.5. The van der Waals surface area contributed by atoms with Crippen LogP contribution in [0.25, 0.3) is 0 Å². The lowest BCUT2D eigenvalue weighted by Crippen LogP contribution is -2.37. The Balaban J connectivity index is 1.54. The SMILES string of the molecule is O=C(NC[C@@H]1CN(c2ccccc2)C(=O)O1)Nc1c(F)cccc1F. The molecule has 8 heteroatoms. The summed E-state index contributed by atoms with van der Waals surface area (Å²) in [5.74, 6) is -1.75. The lowest BCUT2D eigenvalue weighted by molar-refractivity contribution is 0.141. The van der Waals surface area contributed by atoms with Gasteiger partial charge in [0.25, 0.3) is 0 Å². The lowest BCUT2D eigenvalue weighted by atomic mass is 10.2. The fourth-order valence-corrected chi connectivity index (χ4v) is 2.43. The highest BCUT2D eigenvalue weighted by Gasteiger charge is 2.32. The van der Waals surface area contributed by atoms with Gasteiger partial charge in [0, 0.05) is 5.69 Å². The second-order valence-electron chi connectivity index (χ2n) is 5.38. The first-order chi connectivity index (χ1) is 12.0. The highest BCUT2D eigenvalue weighted by Crippen LogP contribution is 2.21. The van der Waals surface area contributed by atoms with Crippen molar-refractivity contribution < 1.29 is 23.1 Å². The molecule has 6 nitrogen and oxygen atoms in total. The van der Waals surface area contributed by atoms with E-state index in [0.29, 0.717) is 5.69 Å². The van der Waals surface area contributed by atoms with Gasteiger partial charge in [-0.25, -0.2) is 18.4 Å². The Morgan fingerprint density at radius 3 is 2.48 bits per heavy atom. The minimum atomic E-state index is -0.877. The van der Waals surface area contributed by atoms with E-state index < -0.39 is 35.6 Å². The third kappa shape index (κ3) is 3.85. The highest BCUT2D eigenvalue weighted by molar-refractivity contribution is 5.91. The smallest absolute Gasteiger partial charge is 0.414 e. The third-order valence-electron chi connectivity index (χ3n) is 3.63. The minimum absolute atomic E-state index is 0.0109. The number of rotatable bonds is 4. The summed E-state index contributed by atoms with van der Waals surface area (Å²) in [4.78, 5) is 25.1. The number of urea groups is 1. The molecule has 25 heavy (non-hydrogen) atoms. The topological polar surface area (TPSA) is 70.7 Å². The summed E-state index contributed by atoms with van der Waals surface area (Å²) in [5.41, 5.74) is 0.155. The Kier molecular flexibility index (Phi) is 4.78. The van der Waals surface area contributed by atoms with Crippen molar-refractivity contribution in [2.45, 2.75) is 6.10 Å².